The van der Waals surface area contributed by atoms with E-state index in [0.717, 1.165) is 54.1 Å². The molecule has 0 spiro atoms. The Morgan fingerprint density at radius 3 is 1.91 bits per heavy atom. The summed E-state index contributed by atoms with van der Waals surface area (Å²) in [5, 5.41) is 3.72. The molecule has 6 heteroatoms. The molecule has 0 saturated carbocycles. The lowest BCUT2D eigenvalue weighted by Crippen LogP contribution is -2.27. The van der Waals surface area contributed by atoms with Crippen LogP contribution in [0.3, 0.4) is 0 Å². The second-order valence-electron chi connectivity index (χ2n) is 12.8. The van der Waals surface area contributed by atoms with Crippen LogP contribution in [0.4, 0.5) is 9.18 Å². The molecular formula is C41H30BrFN2O2. The molecular weight excluding hydrogens is 651 g/mol. The van der Waals surface area contributed by atoms with Gasteiger partial charge >= 0.3 is 6.09 Å². The Morgan fingerprint density at radius 2 is 1.21 bits per heavy atom. The minimum absolute atomic E-state index is 0.372. The molecule has 0 aliphatic rings. The van der Waals surface area contributed by atoms with Crippen molar-refractivity contribution in [1.82, 2.24) is 9.55 Å². The van der Waals surface area contributed by atoms with Crippen molar-refractivity contribution in [3.63, 3.8) is 0 Å². The Balaban J connectivity index is 1.36. The predicted molar refractivity (Wildman–Crippen MR) is 194 cm³/mol. The van der Waals surface area contributed by atoms with Gasteiger partial charge in [0.25, 0.3) is 0 Å². The van der Waals surface area contributed by atoms with Crippen molar-refractivity contribution in [1.29, 1.82) is 0 Å². The lowest BCUT2D eigenvalue weighted by atomic mass is 9.88. The highest BCUT2D eigenvalue weighted by Gasteiger charge is 2.26. The Kier molecular flexibility index (Phi) is 6.81. The molecule has 230 valence electrons. The normalized spacial score (nSPS) is 12.0. The largest absolute Gasteiger partial charge is 0.443 e. The van der Waals surface area contributed by atoms with Gasteiger partial charge in [-0.1, -0.05) is 97.1 Å². The zero-order valence-electron chi connectivity index (χ0n) is 26.1. The van der Waals surface area contributed by atoms with E-state index in [2.05, 4.69) is 69.4 Å². The van der Waals surface area contributed by atoms with Crippen molar-refractivity contribution in [2.75, 3.05) is 0 Å². The summed E-state index contributed by atoms with van der Waals surface area (Å²) < 4.78 is 24.5. The molecule has 2 heterocycles. The molecule has 4 nitrogen and oxygen atoms in total. The van der Waals surface area contributed by atoms with Crippen molar-refractivity contribution in [3.05, 3.63) is 132 Å². The third kappa shape index (κ3) is 4.83. The number of nitrogens with zero attached hydrogens (tertiary/aromatic N) is 1. The lowest BCUT2D eigenvalue weighted by molar-refractivity contribution is 0.0551. The number of H-pyrrole nitrogens is 1. The maximum absolute atomic E-state index is 16.4. The second-order valence-corrected chi connectivity index (χ2v) is 13.6. The highest BCUT2D eigenvalue weighted by Crippen LogP contribution is 2.43. The van der Waals surface area contributed by atoms with Gasteiger partial charge in [0.2, 0.25) is 0 Å². The van der Waals surface area contributed by atoms with Crippen LogP contribution in [0, 0.1) is 5.82 Å². The third-order valence-corrected chi connectivity index (χ3v) is 9.31. The molecule has 47 heavy (non-hydrogen) atoms. The van der Waals surface area contributed by atoms with Gasteiger partial charge < -0.3 is 9.72 Å². The van der Waals surface area contributed by atoms with Gasteiger partial charge in [-0.15, -0.1) is 0 Å². The fraction of sp³-hybridized carbons (Fsp3) is 0.0976. The van der Waals surface area contributed by atoms with Gasteiger partial charge in [-0.05, 0) is 83.2 Å². The number of hydrogen-bond donors (Lipinski definition) is 1. The molecule has 0 aliphatic heterocycles. The maximum atomic E-state index is 16.4. The summed E-state index contributed by atoms with van der Waals surface area (Å²) in [5.74, 6) is -0.372. The number of ether oxygens (including phenoxy) is 1. The van der Waals surface area contributed by atoms with E-state index in [1.54, 1.807) is 10.6 Å². The quantitative estimate of drug-likeness (QED) is 0.202. The molecule has 0 atom stereocenters. The number of hydrogen-bond acceptors (Lipinski definition) is 2. The van der Waals surface area contributed by atoms with Crippen LogP contribution in [-0.2, 0) is 4.74 Å². The minimum atomic E-state index is -0.714. The Labute approximate surface area is 279 Å². The first-order valence-corrected chi connectivity index (χ1v) is 16.3. The van der Waals surface area contributed by atoms with Crippen LogP contribution in [0.5, 0.6) is 0 Å². The summed E-state index contributed by atoms with van der Waals surface area (Å²) in [6.07, 6.45) is -0.521. The van der Waals surface area contributed by atoms with Crippen LogP contribution in [0.1, 0.15) is 20.8 Å². The van der Waals surface area contributed by atoms with Gasteiger partial charge in [0, 0.05) is 42.7 Å². The first-order chi connectivity index (χ1) is 22.7. The first kappa shape index (κ1) is 29.2. The van der Waals surface area contributed by atoms with Crippen molar-refractivity contribution >= 4 is 65.6 Å². The molecule has 1 N–H and O–H groups in total. The number of carbonyl (C=O) groups is 1. The molecule has 0 bridgehead atoms. The average molecular weight is 682 g/mol. The van der Waals surface area contributed by atoms with Crippen molar-refractivity contribution in [2.24, 2.45) is 0 Å². The Hall–Kier alpha value is -5.20. The van der Waals surface area contributed by atoms with E-state index in [1.807, 2.05) is 81.4 Å². The summed E-state index contributed by atoms with van der Waals surface area (Å²) in [4.78, 5) is 17.4. The fourth-order valence-corrected chi connectivity index (χ4v) is 7.29. The molecule has 8 rings (SSSR count). The average Bonchev–Trinajstić information content (AvgIpc) is 3.60. The van der Waals surface area contributed by atoms with Gasteiger partial charge in [0.1, 0.15) is 11.4 Å². The van der Waals surface area contributed by atoms with E-state index in [9.17, 15) is 4.79 Å². The number of benzene rings is 6. The lowest BCUT2D eigenvalue weighted by Gasteiger charge is -2.20. The molecule has 0 saturated heterocycles. The number of halogens is 2. The first-order valence-electron chi connectivity index (χ1n) is 15.5. The summed E-state index contributed by atoms with van der Waals surface area (Å²) >= 11 is 3.63. The van der Waals surface area contributed by atoms with Crippen LogP contribution in [0.2, 0.25) is 0 Å². The highest BCUT2D eigenvalue weighted by atomic mass is 79.9. The summed E-state index contributed by atoms with van der Waals surface area (Å²) in [6, 6.07) is 39.8. The third-order valence-electron chi connectivity index (χ3n) is 8.67. The number of rotatable bonds is 3. The van der Waals surface area contributed by atoms with Gasteiger partial charge in [0.05, 0.1) is 16.6 Å². The molecule has 0 amide bonds. The number of fused-ring (bicyclic) bond motifs is 6. The second kappa shape index (κ2) is 11.0. The SMILES string of the molecule is CC(C)(C)OC(=O)n1c2cc(-c3ccccc3-c3ccccc3-c3cccc4c3[nH]c3ccccc34)c(F)cc2c2cccc(Br)c21. The van der Waals surface area contributed by atoms with Crippen molar-refractivity contribution in [2.45, 2.75) is 26.4 Å². The molecule has 0 unspecified atom stereocenters. The monoisotopic (exact) mass is 680 g/mol. The number of aromatic nitrogens is 2. The Bertz CT molecular complexity index is 2540. The van der Waals surface area contributed by atoms with Crippen molar-refractivity contribution < 1.29 is 13.9 Å². The van der Waals surface area contributed by atoms with E-state index >= 15 is 4.39 Å². The van der Waals surface area contributed by atoms with Gasteiger partial charge in [0.15, 0.2) is 0 Å². The van der Waals surface area contributed by atoms with Crippen LogP contribution in [-0.4, -0.2) is 21.2 Å². The van der Waals surface area contributed by atoms with Crippen molar-refractivity contribution in [3.8, 4) is 33.4 Å². The standard InChI is InChI=1S/C41H30BrFN2O2/c1-41(2,3)47-40(46)45-37-23-32(35(43)22-33(37)31-19-11-20-34(42)39(31)45)27-15-7-5-13-25(27)24-12-4-6-14-26(24)29-17-10-18-30-28-16-8-9-21-36(28)44-38(29)30/h4-23,44H,1-3H3. The van der Waals surface area contributed by atoms with Crippen LogP contribution in [0.15, 0.2) is 126 Å². The molecule has 2 aromatic heterocycles. The number of para-hydroxylation sites is 3. The minimum Gasteiger partial charge on any atom is -0.443 e. The van der Waals surface area contributed by atoms with Gasteiger partial charge in [-0.25, -0.2) is 13.8 Å². The molecule has 6 aromatic carbocycles. The molecule has 0 aliphatic carbocycles. The molecule has 0 fully saturated rings. The zero-order valence-corrected chi connectivity index (χ0v) is 27.7. The topological polar surface area (TPSA) is 47.0 Å². The van der Waals surface area contributed by atoms with E-state index < -0.39 is 11.7 Å². The van der Waals surface area contributed by atoms with E-state index in [-0.39, 0.29) is 5.82 Å². The zero-order chi connectivity index (χ0) is 32.4. The van der Waals surface area contributed by atoms with Crippen LogP contribution >= 0.6 is 15.9 Å². The fourth-order valence-electron chi connectivity index (χ4n) is 6.75. The van der Waals surface area contributed by atoms with E-state index in [1.165, 1.54) is 11.5 Å². The summed E-state index contributed by atoms with van der Waals surface area (Å²) in [7, 11) is 0. The number of nitrogens with one attached hydrogen (secondary N) is 1. The Morgan fingerprint density at radius 1 is 0.660 bits per heavy atom. The predicted octanol–water partition coefficient (Wildman–Crippen LogP) is 12.1. The highest BCUT2D eigenvalue weighted by molar-refractivity contribution is 9.10. The van der Waals surface area contributed by atoms with E-state index in [0.29, 0.717) is 22.0 Å². The number of aromatic amines is 1. The smallest absolute Gasteiger partial charge is 0.419 e. The summed E-state index contributed by atoms with van der Waals surface area (Å²) in [5.41, 5.74) is 7.71. The van der Waals surface area contributed by atoms with Crippen LogP contribution in [0.25, 0.3) is 77.0 Å². The number of carbonyl (C=O) groups excluding carboxylic acids is 1. The van der Waals surface area contributed by atoms with E-state index in [4.69, 9.17) is 4.74 Å². The van der Waals surface area contributed by atoms with Crippen LogP contribution < -0.4 is 0 Å². The molecule has 8 aromatic rings. The summed E-state index contributed by atoms with van der Waals surface area (Å²) in [6.45, 7) is 5.51. The maximum Gasteiger partial charge on any atom is 0.419 e. The van der Waals surface area contributed by atoms with Gasteiger partial charge in [-0.2, -0.15) is 0 Å². The van der Waals surface area contributed by atoms with Gasteiger partial charge in [-0.3, -0.25) is 0 Å². The molecule has 0 radical (unpaired) electrons.